The topological polar surface area (TPSA) is 75.3 Å². The SMILES string of the molecule is CCCCc1ccc(NC)cc1.CNS(=O)(=O)c1cc(C=O)ccc1F. The number of carbonyl (C=O) groups is 1. The lowest BCUT2D eigenvalue weighted by molar-refractivity contribution is 0.112. The van der Waals surface area contributed by atoms with E-state index in [1.54, 1.807) is 0 Å². The summed E-state index contributed by atoms with van der Waals surface area (Å²) in [5.41, 5.74) is 2.74. The first-order valence-corrected chi connectivity index (χ1v) is 9.81. The summed E-state index contributed by atoms with van der Waals surface area (Å²) in [4.78, 5) is 9.82. The molecule has 0 radical (unpaired) electrons. The molecule has 2 rings (SSSR count). The third kappa shape index (κ3) is 6.57. The van der Waals surface area contributed by atoms with Crippen LogP contribution in [0.3, 0.4) is 0 Å². The highest BCUT2D eigenvalue weighted by Crippen LogP contribution is 2.15. The average molecular weight is 380 g/mol. The summed E-state index contributed by atoms with van der Waals surface area (Å²) >= 11 is 0. The van der Waals surface area contributed by atoms with E-state index in [0.29, 0.717) is 6.29 Å². The van der Waals surface area contributed by atoms with Crippen LogP contribution in [-0.2, 0) is 16.4 Å². The molecule has 2 N–H and O–H groups in total. The maximum Gasteiger partial charge on any atom is 0.243 e. The maximum absolute atomic E-state index is 13.1. The first-order chi connectivity index (χ1) is 12.4. The number of hydrogen-bond donors (Lipinski definition) is 2. The quantitative estimate of drug-likeness (QED) is 0.720. The van der Waals surface area contributed by atoms with E-state index < -0.39 is 20.7 Å². The van der Waals surface area contributed by atoms with Gasteiger partial charge < -0.3 is 5.32 Å². The fourth-order valence-corrected chi connectivity index (χ4v) is 2.96. The molecular weight excluding hydrogens is 355 g/mol. The van der Waals surface area contributed by atoms with Crippen LogP contribution in [0.4, 0.5) is 10.1 Å². The standard InChI is InChI=1S/C11H17N.C8H8FNO3S/c1-3-4-5-10-6-8-11(12-2)9-7-10;1-10-14(12,13)8-4-6(5-11)2-3-7(8)9/h6-9,12H,3-5H2,1-2H3;2-5,10H,1H3. The Bertz CT molecular complexity index is 806. The second-order valence-electron chi connectivity index (χ2n) is 5.57. The van der Waals surface area contributed by atoms with Crippen LogP contribution in [0.15, 0.2) is 47.4 Å². The number of rotatable bonds is 7. The summed E-state index contributed by atoms with van der Waals surface area (Å²) in [5, 5.41) is 3.11. The second-order valence-corrected chi connectivity index (χ2v) is 7.42. The molecule has 7 heteroatoms. The molecule has 0 aliphatic heterocycles. The number of anilines is 1. The smallest absolute Gasteiger partial charge is 0.243 e. The van der Waals surface area contributed by atoms with E-state index in [1.807, 2.05) is 11.8 Å². The molecule has 0 heterocycles. The molecule has 0 spiro atoms. The average Bonchev–Trinajstić information content (AvgIpc) is 2.67. The van der Waals surface area contributed by atoms with Gasteiger partial charge in [0.25, 0.3) is 0 Å². The van der Waals surface area contributed by atoms with Gasteiger partial charge in [-0.05, 0) is 55.8 Å². The molecule has 0 aromatic heterocycles. The van der Waals surface area contributed by atoms with Crippen LogP contribution in [0.2, 0.25) is 0 Å². The van der Waals surface area contributed by atoms with Crippen molar-refractivity contribution in [3.05, 3.63) is 59.4 Å². The molecule has 0 bridgehead atoms. The van der Waals surface area contributed by atoms with Crippen molar-refractivity contribution in [3.8, 4) is 0 Å². The van der Waals surface area contributed by atoms with Gasteiger partial charge in [0.05, 0.1) is 0 Å². The van der Waals surface area contributed by atoms with Crippen molar-refractivity contribution in [1.82, 2.24) is 4.72 Å². The van der Waals surface area contributed by atoms with Crippen LogP contribution in [-0.4, -0.2) is 28.8 Å². The van der Waals surface area contributed by atoms with Gasteiger partial charge in [0.15, 0.2) is 0 Å². The van der Waals surface area contributed by atoms with E-state index in [9.17, 15) is 17.6 Å². The van der Waals surface area contributed by atoms with Crippen molar-refractivity contribution < 1.29 is 17.6 Å². The molecule has 26 heavy (non-hydrogen) atoms. The molecule has 2 aromatic carbocycles. The molecule has 0 aliphatic carbocycles. The molecule has 0 aliphatic rings. The zero-order valence-corrected chi connectivity index (χ0v) is 16.1. The largest absolute Gasteiger partial charge is 0.388 e. The van der Waals surface area contributed by atoms with Crippen LogP contribution in [0, 0.1) is 5.82 Å². The predicted octanol–water partition coefficient (Wildman–Crippen LogP) is 3.62. The lowest BCUT2D eigenvalue weighted by Crippen LogP contribution is -2.20. The summed E-state index contributed by atoms with van der Waals surface area (Å²) in [6.45, 7) is 2.22. The first kappa shape index (κ1) is 21.8. The Morgan fingerprint density at radius 2 is 1.73 bits per heavy atom. The van der Waals surface area contributed by atoms with E-state index >= 15 is 0 Å². The van der Waals surface area contributed by atoms with E-state index in [1.165, 1.54) is 43.6 Å². The number of carbonyl (C=O) groups excluding carboxylic acids is 1. The van der Waals surface area contributed by atoms with E-state index in [0.717, 1.165) is 12.1 Å². The molecule has 5 nitrogen and oxygen atoms in total. The van der Waals surface area contributed by atoms with E-state index in [4.69, 9.17) is 0 Å². The van der Waals surface area contributed by atoms with E-state index in [-0.39, 0.29) is 5.56 Å². The first-order valence-electron chi connectivity index (χ1n) is 8.33. The summed E-state index contributed by atoms with van der Waals surface area (Å²) in [6, 6.07) is 11.8. The number of aryl methyl sites for hydroxylation is 1. The minimum absolute atomic E-state index is 0.111. The summed E-state index contributed by atoms with van der Waals surface area (Å²) in [7, 11) is -0.731. The number of unbranched alkanes of at least 4 members (excludes halogenated alkanes) is 1. The summed E-state index contributed by atoms with van der Waals surface area (Å²) in [6.07, 6.45) is 4.22. The van der Waals surface area contributed by atoms with Gasteiger partial charge in [-0.3, -0.25) is 4.79 Å². The van der Waals surface area contributed by atoms with Crippen LogP contribution < -0.4 is 10.0 Å². The fraction of sp³-hybridized carbons (Fsp3) is 0.316. The van der Waals surface area contributed by atoms with Gasteiger partial charge in [-0.1, -0.05) is 25.5 Å². The van der Waals surface area contributed by atoms with Gasteiger partial charge in [0.2, 0.25) is 10.0 Å². The molecule has 0 atom stereocenters. The lowest BCUT2D eigenvalue weighted by Gasteiger charge is -2.03. The van der Waals surface area contributed by atoms with Crippen molar-refractivity contribution in [3.63, 3.8) is 0 Å². The molecule has 0 unspecified atom stereocenters. The zero-order chi connectivity index (χ0) is 19.6. The summed E-state index contributed by atoms with van der Waals surface area (Å²) in [5.74, 6) is -0.884. The Balaban J connectivity index is 0.000000263. The predicted molar refractivity (Wildman–Crippen MR) is 103 cm³/mol. The molecule has 2 aromatic rings. The van der Waals surface area contributed by atoms with Crippen LogP contribution >= 0.6 is 0 Å². The van der Waals surface area contributed by atoms with Gasteiger partial charge >= 0.3 is 0 Å². The maximum atomic E-state index is 13.1. The highest BCUT2D eigenvalue weighted by atomic mass is 32.2. The molecule has 0 fully saturated rings. The number of aldehydes is 1. The highest BCUT2D eigenvalue weighted by Gasteiger charge is 2.17. The Morgan fingerprint density at radius 1 is 1.08 bits per heavy atom. The zero-order valence-electron chi connectivity index (χ0n) is 15.3. The fourth-order valence-electron chi connectivity index (χ4n) is 2.13. The third-order valence-electron chi connectivity index (χ3n) is 3.71. The Hall–Kier alpha value is -2.25. The van der Waals surface area contributed by atoms with E-state index in [2.05, 4.69) is 36.5 Å². The van der Waals surface area contributed by atoms with Crippen LogP contribution in [0.25, 0.3) is 0 Å². The summed E-state index contributed by atoms with van der Waals surface area (Å²) < 4.78 is 37.5. The van der Waals surface area contributed by atoms with Crippen molar-refractivity contribution >= 4 is 22.0 Å². The van der Waals surface area contributed by atoms with Crippen molar-refractivity contribution in [2.24, 2.45) is 0 Å². The normalized spacial score (nSPS) is 10.6. The van der Waals surface area contributed by atoms with Crippen LogP contribution in [0.5, 0.6) is 0 Å². The molecule has 0 saturated heterocycles. The number of sulfonamides is 1. The van der Waals surface area contributed by atoms with Crippen molar-refractivity contribution in [2.75, 3.05) is 19.4 Å². The molecule has 0 amide bonds. The van der Waals surface area contributed by atoms with Gasteiger partial charge in [-0.2, -0.15) is 0 Å². The minimum atomic E-state index is -3.85. The monoisotopic (exact) mass is 380 g/mol. The third-order valence-corrected chi connectivity index (χ3v) is 5.14. The van der Waals surface area contributed by atoms with Crippen LogP contribution in [0.1, 0.15) is 35.7 Å². The molecule has 142 valence electrons. The van der Waals surface area contributed by atoms with Gasteiger partial charge in [-0.25, -0.2) is 17.5 Å². The highest BCUT2D eigenvalue weighted by molar-refractivity contribution is 7.89. The number of halogens is 1. The lowest BCUT2D eigenvalue weighted by atomic mass is 10.1. The van der Waals surface area contributed by atoms with Gasteiger partial charge in [0, 0.05) is 18.3 Å². The Kier molecular flexibility index (Phi) is 8.95. The second kappa shape index (κ2) is 10.7. The number of nitrogens with one attached hydrogen (secondary N) is 2. The van der Waals surface area contributed by atoms with Gasteiger partial charge in [-0.15, -0.1) is 0 Å². The Morgan fingerprint density at radius 3 is 2.23 bits per heavy atom. The number of benzene rings is 2. The minimum Gasteiger partial charge on any atom is -0.388 e. The Labute approximate surface area is 154 Å². The van der Waals surface area contributed by atoms with Gasteiger partial charge in [0.1, 0.15) is 17.0 Å². The molecule has 0 saturated carbocycles. The van der Waals surface area contributed by atoms with Crippen molar-refractivity contribution in [2.45, 2.75) is 31.1 Å². The molecular formula is C19H25FN2O3S. The van der Waals surface area contributed by atoms with Crippen molar-refractivity contribution in [1.29, 1.82) is 0 Å². The number of hydrogen-bond acceptors (Lipinski definition) is 4.